The Labute approximate surface area is 106 Å². The summed E-state index contributed by atoms with van der Waals surface area (Å²) in [5.41, 5.74) is 5.62. The highest BCUT2D eigenvalue weighted by atomic mass is 19.1. The van der Waals surface area contributed by atoms with Crippen molar-refractivity contribution in [1.82, 2.24) is 0 Å². The maximum atomic E-state index is 13.0. The first kappa shape index (κ1) is 14.4. The molecule has 0 aliphatic carbocycles. The zero-order valence-corrected chi connectivity index (χ0v) is 10.7. The summed E-state index contributed by atoms with van der Waals surface area (Å²) >= 11 is 0. The molecule has 1 aromatic carbocycles. The van der Waals surface area contributed by atoms with Crippen molar-refractivity contribution in [3.05, 3.63) is 29.6 Å². The van der Waals surface area contributed by atoms with Gasteiger partial charge in [-0.3, -0.25) is 5.41 Å². The van der Waals surface area contributed by atoms with Crippen LogP contribution in [0, 0.1) is 17.1 Å². The van der Waals surface area contributed by atoms with E-state index in [-0.39, 0.29) is 11.4 Å². The number of nitrogen functional groups attached to an aromatic ring is 1. The predicted molar refractivity (Wildman–Crippen MR) is 68.6 cm³/mol. The number of amidine groups is 1. The molecule has 100 valence electrons. The van der Waals surface area contributed by atoms with Gasteiger partial charge < -0.3 is 15.2 Å². The summed E-state index contributed by atoms with van der Waals surface area (Å²) in [7, 11) is 0. The van der Waals surface area contributed by atoms with Gasteiger partial charge in [-0.2, -0.15) is 0 Å². The lowest BCUT2D eigenvalue weighted by atomic mass is 10.2. The zero-order chi connectivity index (χ0) is 13.5. The minimum absolute atomic E-state index is 0.215. The molecule has 0 aliphatic rings. The fourth-order valence-corrected chi connectivity index (χ4v) is 1.37. The second-order valence-corrected chi connectivity index (χ2v) is 4.37. The van der Waals surface area contributed by atoms with Crippen LogP contribution in [-0.2, 0) is 4.74 Å². The summed E-state index contributed by atoms with van der Waals surface area (Å²) < 4.78 is 23.8. The van der Waals surface area contributed by atoms with E-state index in [1.54, 1.807) is 0 Å². The van der Waals surface area contributed by atoms with Gasteiger partial charge in [0.1, 0.15) is 24.0 Å². The number of rotatable bonds is 7. The third kappa shape index (κ3) is 4.71. The Balaban J connectivity index is 2.49. The lowest BCUT2D eigenvalue weighted by molar-refractivity contribution is 0.0818. The Hall–Kier alpha value is -1.62. The van der Waals surface area contributed by atoms with Crippen molar-refractivity contribution in [2.24, 2.45) is 11.7 Å². The molecule has 0 spiro atoms. The molecule has 4 nitrogen and oxygen atoms in total. The van der Waals surface area contributed by atoms with Crippen LogP contribution in [0.25, 0.3) is 0 Å². The summed E-state index contributed by atoms with van der Waals surface area (Å²) in [5.74, 6) is 0.219. The Kier molecular flexibility index (Phi) is 5.58. The number of nitrogens with two attached hydrogens (primary N) is 1. The molecule has 0 bridgehead atoms. The van der Waals surface area contributed by atoms with Crippen molar-refractivity contribution in [3.63, 3.8) is 0 Å². The van der Waals surface area contributed by atoms with Gasteiger partial charge in [-0.15, -0.1) is 0 Å². The van der Waals surface area contributed by atoms with Crippen LogP contribution in [0.3, 0.4) is 0 Å². The molecule has 3 N–H and O–H groups in total. The van der Waals surface area contributed by atoms with Crippen molar-refractivity contribution in [3.8, 4) is 5.75 Å². The number of hydrogen-bond acceptors (Lipinski definition) is 3. The minimum atomic E-state index is -0.441. The van der Waals surface area contributed by atoms with Gasteiger partial charge in [0.05, 0.1) is 12.2 Å². The maximum absolute atomic E-state index is 13.0. The van der Waals surface area contributed by atoms with Gasteiger partial charge in [-0.25, -0.2) is 4.39 Å². The van der Waals surface area contributed by atoms with Gasteiger partial charge in [-0.1, -0.05) is 13.8 Å². The van der Waals surface area contributed by atoms with Crippen LogP contribution in [-0.4, -0.2) is 25.7 Å². The average Bonchev–Trinajstić information content (AvgIpc) is 2.29. The molecule has 0 radical (unpaired) electrons. The van der Waals surface area contributed by atoms with Crippen LogP contribution in [0.5, 0.6) is 5.75 Å². The quantitative estimate of drug-likeness (QED) is 0.445. The molecule has 0 atom stereocenters. The first-order valence-corrected chi connectivity index (χ1v) is 5.85. The fourth-order valence-electron chi connectivity index (χ4n) is 1.37. The van der Waals surface area contributed by atoms with Crippen molar-refractivity contribution in [2.45, 2.75) is 13.8 Å². The van der Waals surface area contributed by atoms with E-state index in [0.29, 0.717) is 31.5 Å². The maximum Gasteiger partial charge on any atom is 0.130 e. The van der Waals surface area contributed by atoms with E-state index in [2.05, 4.69) is 13.8 Å². The first-order chi connectivity index (χ1) is 8.50. The van der Waals surface area contributed by atoms with E-state index in [1.165, 1.54) is 18.2 Å². The van der Waals surface area contributed by atoms with Crippen LogP contribution >= 0.6 is 0 Å². The highest BCUT2D eigenvalue weighted by Gasteiger charge is 2.08. The third-order valence-electron chi connectivity index (χ3n) is 2.17. The summed E-state index contributed by atoms with van der Waals surface area (Å²) in [6.07, 6.45) is 0. The third-order valence-corrected chi connectivity index (χ3v) is 2.17. The van der Waals surface area contributed by atoms with Gasteiger partial charge in [0.15, 0.2) is 0 Å². The first-order valence-electron chi connectivity index (χ1n) is 5.85. The molecule has 5 heteroatoms. The monoisotopic (exact) mass is 254 g/mol. The molecule has 0 saturated heterocycles. The molecule has 0 saturated carbocycles. The standard InChI is InChI=1S/C13H19FN2O2/c1-9(2)8-17-5-6-18-12-4-3-10(14)7-11(12)13(15)16/h3-4,7,9H,5-6,8H2,1-2H3,(H3,15,16). The molecule has 0 fully saturated rings. The summed E-state index contributed by atoms with van der Waals surface area (Å²) in [4.78, 5) is 0. The Morgan fingerprint density at radius 1 is 1.39 bits per heavy atom. The molecule has 0 unspecified atom stereocenters. The van der Waals surface area contributed by atoms with Crippen LogP contribution in [0.1, 0.15) is 19.4 Å². The molecule has 1 aromatic rings. The van der Waals surface area contributed by atoms with Crippen LogP contribution < -0.4 is 10.5 Å². The van der Waals surface area contributed by atoms with Gasteiger partial charge in [0, 0.05) is 6.61 Å². The fraction of sp³-hybridized carbons (Fsp3) is 0.462. The second-order valence-electron chi connectivity index (χ2n) is 4.37. The number of ether oxygens (including phenoxy) is 2. The number of nitrogens with one attached hydrogen (secondary N) is 1. The van der Waals surface area contributed by atoms with E-state index in [4.69, 9.17) is 20.6 Å². The Bertz CT molecular complexity index is 408. The van der Waals surface area contributed by atoms with E-state index in [0.717, 1.165) is 0 Å². The number of hydrogen-bond donors (Lipinski definition) is 2. The summed E-state index contributed by atoms with van der Waals surface area (Å²) in [5, 5.41) is 7.35. The summed E-state index contributed by atoms with van der Waals surface area (Å²) in [6, 6.07) is 3.93. The number of benzene rings is 1. The smallest absolute Gasteiger partial charge is 0.130 e. The average molecular weight is 254 g/mol. The molecule has 18 heavy (non-hydrogen) atoms. The molecule has 0 aliphatic heterocycles. The van der Waals surface area contributed by atoms with Gasteiger partial charge in [0.2, 0.25) is 0 Å². The van der Waals surface area contributed by atoms with Crippen LogP contribution in [0.4, 0.5) is 4.39 Å². The normalized spacial score (nSPS) is 10.7. The lowest BCUT2D eigenvalue weighted by Gasteiger charge is -2.11. The van der Waals surface area contributed by atoms with Crippen LogP contribution in [0.15, 0.2) is 18.2 Å². The van der Waals surface area contributed by atoms with Crippen molar-refractivity contribution in [1.29, 1.82) is 5.41 Å². The molecular weight excluding hydrogens is 235 g/mol. The van der Waals surface area contributed by atoms with Crippen LogP contribution in [0.2, 0.25) is 0 Å². The number of halogens is 1. The van der Waals surface area contributed by atoms with E-state index >= 15 is 0 Å². The Morgan fingerprint density at radius 2 is 2.11 bits per heavy atom. The van der Waals surface area contributed by atoms with Crippen molar-refractivity contribution in [2.75, 3.05) is 19.8 Å². The van der Waals surface area contributed by atoms with E-state index < -0.39 is 5.82 Å². The summed E-state index contributed by atoms with van der Waals surface area (Å²) in [6.45, 7) is 5.60. The van der Waals surface area contributed by atoms with E-state index in [9.17, 15) is 4.39 Å². The molecule has 0 amide bonds. The molecule has 0 aromatic heterocycles. The largest absolute Gasteiger partial charge is 0.490 e. The van der Waals surface area contributed by atoms with Gasteiger partial charge in [0.25, 0.3) is 0 Å². The van der Waals surface area contributed by atoms with Crippen molar-refractivity contribution < 1.29 is 13.9 Å². The van der Waals surface area contributed by atoms with Gasteiger partial charge >= 0.3 is 0 Å². The highest BCUT2D eigenvalue weighted by molar-refractivity contribution is 5.97. The topological polar surface area (TPSA) is 68.3 Å². The second kappa shape index (κ2) is 6.96. The minimum Gasteiger partial charge on any atom is -0.490 e. The van der Waals surface area contributed by atoms with Crippen molar-refractivity contribution >= 4 is 5.84 Å². The Morgan fingerprint density at radius 3 is 2.72 bits per heavy atom. The molecular formula is C13H19FN2O2. The van der Waals surface area contributed by atoms with Gasteiger partial charge in [-0.05, 0) is 24.1 Å². The SMILES string of the molecule is CC(C)COCCOc1ccc(F)cc1C(=N)N. The molecule has 1 rings (SSSR count). The molecule has 0 heterocycles. The zero-order valence-electron chi connectivity index (χ0n) is 10.7. The predicted octanol–water partition coefficient (Wildman–Crippen LogP) is 2.16. The lowest BCUT2D eigenvalue weighted by Crippen LogP contribution is -2.15. The highest BCUT2D eigenvalue weighted by Crippen LogP contribution is 2.19. The van der Waals surface area contributed by atoms with E-state index in [1.807, 2.05) is 0 Å².